The molecule has 1 amide bonds. The molecule has 2 aromatic rings. The van der Waals surface area contributed by atoms with Crippen molar-refractivity contribution in [3.8, 4) is 11.4 Å². The predicted octanol–water partition coefficient (Wildman–Crippen LogP) is 3.04. The van der Waals surface area contributed by atoms with Gasteiger partial charge in [-0.2, -0.15) is 0 Å². The predicted molar refractivity (Wildman–Crippen MR) is 96.2 cm³/mol. The smallest absolute Gasteiger partial charge is 0.254 e. The van der Waals surface area contributed by atoms with Crippen molar-refractivity contribution in [2.75, 3.05) is 0 Å². The first kappa shape index (κ1) is 18.2. The van der Waals surface area contributed by atoms with Crippen LogP contribution in [-0.4, -0.2) is 21.5 Å². The van der Waals surface area contributed by atoms with Crippen LogP contribution in [0.15, 0.2) is 35.1 Å². The van der Waals surface area contributed by atoms with Crippen molar-refractivity contribution in [3.05, 3.63) is 51.4 Å². The van der Waals surface area contributed by atoms with Crippen LogP contribution in [0.2, 0.25) is 5.02 Å². The summed E-state index contributed by atoms with van der Waals surface area (Å²) in [5.74, 6) is 0.252. The fourth-order valence-electron chi connectivity index (χ4n) is 2.30. The van der Waals surface area contributed by atoms with Crippen LogP contribution < -0.4 is 10.9 Å². The van der Waals surface area contributed by atoms with Gasteiger partial charge < -0.3 is 5.32 Å². The first-order valence-corrected chi connectivity index (χ1v) is 8.48. The van der Waals surface area contributed by atoms with Gasteiger partial charge in [-0.1, -0.05) is 37.6 Å². The molecule has 0 saturated heterocycles. The van der Waals surface area contributed by atoms with Crippen LogP contribution in [0.25, 0.3) is 11.4 Å². The van der Waals surface area contributed by atoms with E-state index in [2.05, 4.69) is 10.3 Å². The molecule has 0 bridgehead atoms. The maximum atomic E-state index is 12.5. The van der Waals surface area contributed by atoms with Crippen LogP contribution in [0.3, 0.4) is 0 Å². The number of hydrogen-bond acceptors (Lipinski definition) is 3. The lowest BCUT2D eigenvalue weighted by molar-refractivity contribution is -0.122. The van der Waals surface area contributed by atoms with Crippen LogP contribution in [0, 0.1) is 0 Å². The molecule has 0 saturated carbocycles. The Kier molecular flexibility index (Phi) is 6.15. The number of amides is 1. The summed E-state index contributed by atoms with van der Waals surface area (Å²) < 4.78 is 1.39. The fraction of sp³-hybridized carbons (Fsp3) is 0.389. The molecule has 0 unspecified atom stereocenters. The third kappa shape index (κ3) is 4.45. The molecular weight excluding hydrogens is 326 g/mol. The van der Waals surface area contributed by atoms with Gasteiger partial charge in [0.05, 0.1) is 0 Å². The lowest BCUT2D eigenvalue weighted by Gasteiger charge is -2.15. The quantitative estimate of drug-likeness (QED) is 0.873. The molecule has 2 rings (SSSR count). The lowest BCUT2D eigenvalue weighted by Crippen LogP contribution is -2.37. The van der Waals surface area contributed by atoms with E-state index in [1.807, 2.05) is 26.8 Å². The first-order chi connectivity index (χ1) is 11.4. The molecule has 1 aromatic heterocycles. The Morgan fingerprint density at radius 1 is 1.33 bits per heavy atom. The average molecular weight is 348 g/mol. The van der Waals surface area contributed by atoms with E-state index in [1.165, 1.54) is 10.6 Å². The number of aryl methyl sites for hydroxylation is 1. The van der Waals surface area contributed by atoms with Gasteiger partial charge in [-0.25, -0.2) is 4.98 Å². The minimum atomic E-state index is -0.240. The van der Waals surface area contributed by atoms with Gasteiger partial charge in [0.15, 0.2) is 0 Å². The van der Waals surface area contributed by atoms with Crippen molar-refractivity contribution in [1.29, 1.82) is 0 Å². The minimum Gasteiger partial charge on any atom is -0.352 e. The van der Waals surface area contributed by atoms with Gasteiger partial charge in [-0.3, -0.25) is 14.2 Å². The zero-order valence-corrected chi connectivity index (χ0v) is 14.9. The summed E-state index contributed by atoms with van der Waals surface area (Å²) in [6.45, 7) is 5.79. The van der Waals surface area contributed by atoms with E-state index in [0.717, 1.165) is 6.42 Å². The van der Waals surface area contributed by atoms with E-state index < -0.39 is 0 Å². The highest BCUT2D eigenvalue weighted by Gasteiger charge is 2.15. The summed E-state index contributed by atoms with van der Waals surface area (Å²) >= 11 is 6.06. The largest absolute Gasteiger partial charge is 0.352 e. The fourth-order valence-corrected chi connectivity index (χ4v) is 2.49. The van der Waals surface area contributed by atoms with E-state index in [1.54, 1.807) is 18.2 Å². The number of aromatic nitrogens is 2. The number of carbonyl (C=O) groups is 1. The molecule has 128 valence electrons. The van der Waals surface area contributed by atoms with Gasteiger partial charge in [0, 0.05) is 28.4 Å². The molecule has 0 fully saturated rings. The molecule has 0 aliphatic heterocycles. The molecule has 0 aliphatic rings. The lowest BCUT2D eigenvalue weighted by atomic mass is 10.2. The van der Waals surface area contributed by atoms with E-state index in [4.69, 9.17) is 11.6 Å². The summed E-state index contributed by atoms with van der Waals surface area (Å²) in [5.41, 5.74) is 1.16. The zero-order chi connectivity index (χ0) is 17.7. The van der Waals surface area contributed by atoms with Crippen molar-refractivity contribution >= 4 is 17.5 Å². The van der Waals surface area contributed by atoms with Crippen molar-refractivity contribution in [1.82, 2.24) is 14.9 Å². The molecule has 1 N–H and O–H groups in total. The monoisotopic (exact) mass is 347 g/mol. The molecule has 5 nitrogen and oxygen atoms in total. The molecule has 0 aliphatic carbocycles. The first-order valence-electron chi connectivity index (χ1n) is 8.10. The van der Waals surface area contributed by atoms with Crippen molar-refractivity contribution < 1.29 is 4.79 Å². The van der Waals surface area contributed by atoms with Gasteiger partial charge in [-0.15, -0.1) is 0 Å². The normalized spacial score (nSPS) is 12.0. The zero-order valence-electron chi connectivity index (χ0n) is 14.2. The Labute approximate surface area is 146 Å². The highest BCUT2D eigenvalue weighted by atomic mass is 35.5. The van der Waals surface area contributed by atoms with Gasteiger partial charge in [0.2, 0.25) is 5.91 Å². The topological polar surface area (TPSA) is 64.0 Å². The molecule has 1 heterocycles. The Bertz CT molecular complexity index is 786. The third-order valence-corrected chi connectivity index (χ3v) is 4.06. The number of nitrogens with one attached hydrogen (secondary N) is 1. The second kappa shape index (κ2) is 8.11. The van der Waals surface area contributed by atoms with E-state index >= 15 is 0 Å². The molecule has 1 atom stereocenters. The number of rotatable bonds is 6. The second-order valence-electron chi connectivity index (χ2n) is 5.74. The van der Waals surface area contributed by atoms with Crippen LogP contribution >= 0.6 is 11.6 Å². The second-order valence-corrected chi connectivity index (χ2v) is 6.17. The Morgan fingerprint density at radius 3 is 2.71 bits per heavy atom. The van der Waals surface area contributed by atoms with Crippen molar-refractivity contribution in [2.24, 2.45) is 0 Å². The number of nitrogens with zero attached hydrogens (tertiary/aromatic N) is 2. The van der Waals surface area contributed by atoms with Gasteiger partial charge in [-0.05, 0) is 31.9 Å². The maximum absolute atomic E-state index is 12.5. The Balaban J connectivity index is 2.46. The van der Waals surface area contributed by atoms with Crippen LogP contribution in [0.5, 0.6) is 0 Å². The summed E-state index contributed by atoms with van der Waals surface area (Å²) in [5, 5.41) is 3.43. The van der Waals surface area contributed by atoms with E-state index in [-0.39, 0.29) is 24.1 Å². The molecule has 6 heteroatoms. The van der Waals surface area contributed by atoms with Crippen LogP contribution in [-0.2, 0) is 17.8 Å². The number of hydrogen-bond donors (Lipinski definition) is 1. The maximum Gasteiger partial charge on any atom is 0.254 e. The highest BCUT2D eigenvalue weighted by Crippen LogP contribution is 2.20. The van der Waals surface area contributed by atoms with E-state index in [0.29, 0.717) is 28.5 Å². The van der Waals surface area contributed by atoms with Crippen molar-refractivity contribution in [2.45, 2.75) is 46.2 Å². The van der Waals surface area contributed by atoms with Gasteiger partial charge in [0.25, 0.3) is 5.56 Å². The molecule has 0 spiro atoms. The highest BCUT2D eigenvalue weighted by molar-refractivity contribution is 6.30. The number of carbonyl (C=O) groups excluding carboxylic acids is 1. The Morgan fingerprint density at radius 2 is 2.08 bits per heavy atom. The summed E-state index contributed by atoms with van der Waals surface area (Å²) in [7, 11) is 0. The summed E-state index contributed by atoms with van der Waals surface area (Å²) in [6.07, 6.45) is 1.47. The standard InChI is InChI=1S/C18H22ClN3O2/c1-4-12(3)20-16(23)11-22-17(24)10-15(5-2)21-18(22)13-7-6-8-14(19)9-13/h6-10,12H,4-5,11H2,1-3H3,(H,20,23)/t12-/m0/s1. The number of benzene rings is 1. The van der Waals surface area contributed by atoms with Crippen LogP contribution in [0.4, 0.5) is 0 Å². The van der Waals surface area contributed by atoms with Gasteiger partial charge >= 0.3 is 0 Å². The molecule has 0 radical (unpaired) electrons. The molecule has 24 heavy (non-hydrogen) atoms. The average Bonchev–Trinajstić information content (AvgIpc) is 2.56. The molecular formula is C18H22ClN3O2. The van der Waals surface area contributed by atoms with Crippen LogP contribution in [0.1, 0.15) is 32.9 Å². The van der Waals surface area contributed by atoms with Crippen molar-refractivity contribution in [3.63, 3.8) is 0 Å². The summed E-state index contributed by atoms with van der Waals surface area (Å²) in [4.78, 5) is 29.2. The number of halogens is 1. The minimum absolute atomic E-state index is 0.0608. The van der Waals surface area contributed by atoms with Gasteiger partial charge in [0.1, 0.15) is 12.4 Å². The molecule has 1 aromatic carbocycles. The van der Waals surface area contributed by atoms with E-state index in [9.17, 15) is 9.59 Å². The third-order valence-electron chi connectivity index (χ3n) is 3.83. The Hall–Kier alpha value is -2.14. The SMILES string of the molecule is CCc1cc(=O)n(CC(=O)N[C@@H](C)CC)c(-c2cccc(Cl)c2)n1. The summed E-state index contributed by atoms with van der Waals surface area (Å²) in [6, 6.07) is 8.66.